The van der Waals surface area contributed by atoms with E-state index in [2.05, 4.69) is 15.8 Å². The van der Waals surface area contributed by atoms with Gasteiger partial charge in [-0.3, -0.25) is 11.2 Å². The van der Waals surface area contributed by atoms with Gasteiger partial charge in [0.2, 0.25) is 11.7 Å². The zero-order valence-electron chi connectivity index (χ0n) is 14.9. The van der Waals surface area contributed by atoms with E-state index in [1.807, 2.05) is 0 Å². The average Bonchev–Trinajstić information content (AvgIpc) is 2.99. The zero-order chi connectivity index (χ0) is 23.4. The van der Waals surface area contributed by atoms with Gasteiger partial charge in [0, 0.05) is 11.1 Å². The van der Waals surface area contributed by atoms with Crippen molar-refractivity contribution in [2.24, 2.45) is 16.5 Å². The number of rotatable bonds is 3. The molecule has 0 aliphatic carbocycles. The van der Waals surface area contributed by atoms with E-state index in [4.69, 9.17) is 11.5 Å². The predicted octanol–water partition coefficient (Wildman–Crippen LogP) is 2.30. The first-order valence-corrected chi connectivity index (χ1v) is 9.55. The van der Waals surface area contributed by atoms with Gasteiger partial charge in [0.05, 0.1) is 10.5 Å². The lowest BCUT2D eigenvalue weighted by Gasteiger charge is -2.23. The molecule has 6 N–H and O–H groups in total. The maximum Gasteiger partial charge on any atom is 0.501 e. The lowest BCUT2D eigenvalue weighted by molar-refractivity contribution is -0.137. The first-order chi connectivity index (χ1) is 14.1. The number of nitrogens with one attached hydrogen (secondary N) is 2. The molecule has 1 heterocycles. The van der Waals surface area contributed by atoms with E-state index in [0.717, 1.165) is 0 Å². The summed E-state index contributed by atoms with van der Waals surface area (Å²) in [6.45, 7) is 0. The highest BCUT2D eigenvalue weighted by Gasteiger charge is 2.47. The summed E-state index contributed by atoms with van der Waals surface area (Å²) in [7, 11) is -5.73. The van der Waals surface area contributed by atoms with Crippen LogP contribution < -0.4 is 22.3 Å². The fraction of sp³-hybridized carbons (Fsp3) is 0.188. The number of hydrogen-bond acceptors (Lipinski definition) is 7. The Hall–Kier alpha value is -2.91. The Morgan fingerprint density at radius 2 is 1.58 bits per heavy atom. The first-order valence-electron chi connectivity index (χ1n) is 8.07. The highest BCUT2D eigenvalue weighted by Crippen LogP contribution is 2.41. The molecule has 168 valence electrons. The van der Waals surface area contributed by atoms with Gasteiger partial charge >= 0.3 is 11.7 Å². The molecule has 0 saturated heterocycles. The number of alkyl halides is 6. The molecular weight excluding hydrogens is 459 g/mol. The fourth-order valence-corrected chi connectivity index (χ4v) is 3.58. The minimum Gasteiger partial charge on any atom is -0.369 e. The molecule has 31 heavy (non-hydrogen) atoms. The van der Waals surface area contributed by atoms with E-state index >= 15 is 0 Å². The third-order valence-electron chi connectivity index (χ3n) is 4.27. The van der Waals surface area contributed by atoms with E-state index in [0.29, 0.717) is 36.4 Å². The first kappa shape index (κ1) is 22.8. The molecule has 2 aromatic rings. The standard InChI is InChI=1S/C16H12F7N5O2S/c17-11-6-8(15(25)26-13(24)27-28-15)5-10(14(18,19)20)12(11)7-1-3-9(4-2-7)31(29,30)16(21,22)23/h1-6,28H,25H2,(H3,24,26,27). The molecule has 1 aliphatic rings. The molecule has 0 radical (unpaired) electrons. The third kappa shape index (κ3) is 4.03. The molecule has 0 spiro atoms. The van der Waals surface area contributed by atoms with Crippen LogP contribution in [0.5, 0.6) is 0 Å². The minimum absolute atomic E-state index is 0.262. The van der Waals surface area contributed by atoms with Gasteiger partial charge in [0.1, 0.15) is 5.82 Å². The molecule has 0 amide bonds. The average molecular weight is 471 g/mol. The summed E-state index contributed by atoms with van der Waals surface area (Å²) >= 11 is 0. The Bertz CT molecular complexity index is 1160. The highest BCUT2D eigenvalue weighted by molar-refractivity contribution is 7.92. The normalized spacial score (nSPS) is 19.8. The second-order valence-electron chi connectivity index (χ2n) is 6.37. The van der Waals surface area contributed by atoms with Gasteiger partial charge in [-0.1, -0.05) is 12.1 Å². The van der Waals surface area contributed by atoms with Crippen LogP contribution in [-0.4, -0.2) is 19.9 Å². The van der Waals surface area contributed by atoms with Crippen LogP contribution in [0.2, 0.25) is 0 Å². The third-order valence-corrected chi connectivity index (χ3v) is 5.77. The van der Waals surface area contributed by atoms with Gasteiger partial charge in [-0.25, -0.2) is 17.8 Å². The van der Waals surface area contributed by atoms with Crippen LogP contribution in [0.25, 0.3) is 11.1 Å². The molecule has 2 aromatic carbocycles. The second-order valence-corrected chi connectivity index (χ2v) is 8.31. The van der Waals surface area contributed by atoms with E-state index in [1.54, 1.807) is 0 Å². The molecule has 0 saturated carbocycles. The van der Waals surface area contributed by atoms with Gasteiger partial charge < -0.3 is 5.73 Å². The number of hydrazine groups is 1. The number of nitrogens with two attached hydrogens (primary N) is 2. The Morgan fingerprint density at radius 1 is 1.00 bits per heavy atom. The molecular formula is C16H12F7N5O2S. The van der Waals surface area contributed by atoms with Crippen molar-refractivity contribution in [2.75, 3.05) is 0 Å². The number of sulfone groups is 1. The van der Waals surface area contributed by atoms with Crippen molar-refractivity contribution >= 4 is 15.8 Å². The maximum atomic E-state index is 14.8. The smallest absolute Gasteiger partial charge is 0.369 e. The molecule has 7 nitrogen and oxygen atoms in total. The largest absolute Gasteiger partial charge is 0.501 e. The van der Waals surface area contributed by atoms with Crippen molar-refractivity contribution < 1.29 is 39.2 Å². The van der Waals surface area contributed by atoms with Crippen LogP contribution in [0.1, 0.15) is 11.1 Å². The maximum absolute atomic E-state index is 14.8. The number of guanidine groups is 1. The summed E-state index contributed by atoms with van der Waals surface area (Å²) in [5, 5.41) is 0. The Balaban J connectivity index is 2.16. The van der Waals surface area contributed by atoms with Crippen molar-refractivity contribution in [3.63, 3.8) is 0 Å². The van der Waals surface area contributed by atoms with Crippen molar-refractivity contribution in [3.05, 3.63) is 53.3 Å². The highest BCUT2D eigenvalue weighted by atomic mass is 32.2. The van der Waals surface area contributed by atoms with Crippen LogP contribution in [0.15, 0.2) is 46.3 Å². The summed E-state index contributed by atoms with van der Waals surface area (Å²) in [5.74, 6) is -3.71. The van der Waals surface area contributed by atoms with Crippen LogP contribution in [-0.2, 0) is 21.8 Å². The van der Waals surface area contributed by atoms with Gasteiger partial charge in [0.25, 0.3) is 9.84 Å². The van der Waals surface area contributed by atoms with Crippen molar-refractivity contribution in [1.29, 1.82) is 0 Å². The van der Waals surface area contributed by atoms with Crippen LogP contribution in [0, 0.1) is 5.82 Å². The van der Waals surface area contributed by atoms with E-state index in [-0.39, 0.29) is 5.96 Å². The monoisotopic (exact) mass is 471 g/mol. The van der Waals surface area contributed by atoms with Crippen molar-refractivity contribution in [2.45, 2.75) is 22.4 Å². The van der Waals surface area contributed by atoms with E-state index < -0.39 is 60.3 Å². The number of hydrogen-bond donors (Lipinski definition) is 4. The SMILES string of the molecule is NC1=NC(N)(c2cc(F)c(-c3ccc(S(=O)(=O)C(F)(F)F)cc3)c(C(F)(F)F)c2)NN1. The molecule has 3 rings (SSSR count). The Morgan fingerprint density at radius 3 is 2.03 bits per heavy atom. The fourth-order valence-electron chi connectivity index (χ4n) is 2.82. The van der Waals surface area contributed by atoms with Gasteiger partial charge in [-0.2, -0.15) is 31.8 Å². The Labute approximate surface area is 169 Å². The molecule has 0 bridgehead atoms. The second kappa shape index (κ2) is 7.06. The lowest BCUT2D eigenvalue weighted by Crippen LogP contribution is -2.50. The molecule has 0 aromatic heterocycles. The predicted molar refractivity (Wildman–Crippen MR) is 93.8 cm³/mol. The van der Waals surface area contributed by atoms with Crippen LogP contribution in [0.3, 0.4) is 0 Å². The van der Waals surface area contributed by atoms with Crippen molar-refractivity contribution in [1.82, 2.24) is 10.9 Å². The number of benzene rings is 2. The molecule has 1 unspecified atom stereocenters. The molecule has 1 atom stereocenters. The summed E-state index contributed by atoms with van der Waals surface area (Å²) in [6, 6.07) is 3.27. The van der Waals surface area contributed by atoms with Crippen LogP contribution in [0.4, 0.5) is 30.7 Å². The van der Waals surface area contributed by atoms with Crippen molar-refractivity contribution in [3.8, 4) is 11.1 Å². The van der Waals surface area contributed by atoms with Gasteiger partial charge in [-0.15, -0.1) is 0 Å². The van der Waals surface area contributed by atoms with E-state index in [1.165, 1.54) is 0 Å². The quantitative estimate of drug-likeness (QED) is 0.510. The molecule has 0 fully saturated rings. The lowest BCUT2D eigenvalue weighted by atomic mass is 9.94. The van der Waals surface area contributed by atoms with Gasteiger partial charge in [-0.05, 0) is 29.8 Å². The zero-order valence-corrected chi connectivity index (χ0v) is 15.8. The summed E-state index contributed by atoms with van der Waals surface area (Å²) < 4.78 is 117. The summed E-state index contributed by atoms with van der Waals surface area (Å²) in [4.78, 5) is 2.45. The summed E-state index contributed by atoms with van der Waals surface area (Å²) in [5.41, 5.74) is 6.62. The van der Waals surface area contributed by atoms with Crippen LogP contribution >= 0.6 is 0 Å². The van der Waals surface area contributed by atoms with E-state index in [9.17, 15) is 39.2 Å². The Kier molecular flexibility index (Phi) is 5.19. The molecule has 15 heteroatoms. The number of nitrogens with zero attached hydrogens (tertiary/aromatic N) is 1. The number of halogens is 7. The minimum atomic E-state index is -5.73. The molecule has 1 aliphatic heterocycles. The van der Waals surface area contributed by atoms with Gasteiger partial charge in [0.15, 0.2) is 0 Å². The topological polar surface area (TPSA) is 123 Å². The number of aliphatic imine (C=N–C) groups is 1. The summed E-state index contributed by atoms with van der Waals surface area (Å²) in [6.07, 6.45) is -5.11.